The molecule has 2 atom stereocenters. The lowest BCUT2D eigenvalue weighted by Crippen LogP contribution is -2.48. The van der Waals surface area contributed by atoms with E-state index in [4.69, 9.17) is 66.3 Å². The lowest BCUT2D eigenvalue weighted by Gasteiger charge is -2.47. The van der Waals surface area contributed by atoms with Gasteiger partial charge in [0.05, 0.1) is 155 Å². The summed E-state index contributed by atoms with van der Waals surface area (Å²) < 4.78 is 168. The SMILES string of the molecule is COCCOCCOCCOCCOCCOCCOc1ccc(C2=CC3=C4C(=C5C=C(c6ccc(OCCOCCOCCOCCOCCOCCOC)cc6)SC5(C)C3(C)S2)C(F)(F)C(F)(F)C4(F)F)cc1. The maximum atomic E-state index is 16.0. The highest BCUT2D eigenvalue weighted by Gasteiger charge is 2.84. The number of rotatable bonds is 40. The first-order valence-corrected chi connectivity index (χ1v) is 26.5. The molecular formula is C53H70F6O14S2. The van der Waals surface area contributed by atoms with Crippen LogP contribution in [0.3, 0.4) is 0 Å². The Labute approximate surface area is 443 Å². The zero-order valence-electron chi connectivity index (χ0n) is 43.0. The van der Waals surface area contributed by atoms with Crippen molar-refractivity contribution >= 4 is 33.3 Å². The first-order chi connectivity index (χ1) is 36.2. The van der Waals surface area contributed by atoms with Gasteiger partial charge in [-0.25, -0.2) is 0 Å². The minimum Gasteiger partial charge on any atom is -0.491 e. The predicted molar refractivity (Wildman–Crippen MR) is 273 cm³/mol. The van der Waals surface area contributed by atoms with E-state index in [9.17, 15) is 0 Å². The number of alkyl halides is 6. The van der Waals surface area contributed by atoms with E-state index in [1.165, 1.54) is 35.7 Å². The Kier molecular flexibility index (Phi) is 24.6. The van der Waals surface area contributed by atoms with Crippen LogP contribution in [0.2, 0.25) is 0 Å². The number of hydrogen-bond donors (Lipinski definition) is 0. The Morgan fingerprint density at radius 1 is 0.347 bits per heavy atom. The maximum absolute atomic E-state index is 16.0. The summed E-state index contributed by atoms with van der Waals surface area (Å²) >= 11 is 2.38. The molecule has 0 amide bonds. The number of hydrogen-bond acceptors (Lipinski definition) is 16. The molecule has 1 saturated carbocycles. The molecule has 0 N–H and O–H groups in total. The van der Waals surface area contributed by atoms with Gasteiger partial charge < -0.3 is 66.3 Å². The van der Waals surface area contributed by atoms with Crippen molar-refractivity contribution in [2.24, 2.45) is 0 Å². The second kappa shape index (κ2) is 30.2. The fraction of sp³-hybridized carbons (Fsp3) is 0.623. The molecule has 2 aliphatic heterocycles. The first kappa shape index (κ1) is 61.0. The molecule has 2 aromatic rings. The summed E-state index contributed by atoms with van der Waals surface area (Å²) in [5.74, 6) is -15.0. The summed E-state index contributed by atoms with van der Waals surface area (Å²) in [5, 5.41) is 0. The molecule has 420 valence electrons. The minimum atomic E-state index is -5.66. The van der Waals surface area contributed by atoms with Crippen molar-refractivity contribution in [3.63, 3.8) is 0 Å². The molecule has 75 heavy (non-hydrogen) atoms. The van der Waals surface area contributed by atoms with E-state index < -0.39 is 38.4 Å². The molecule has 1 fully saturated rings. The Bertz CT molecular complexity index is 2030. The highest BCUT2D eigenvalue weighted by atomic mass is 32.2. The van der Waals surface area contributed by atoms with Crippen LogP contribution in [0.4, 0.5) is 26.3 Å². The largest absolute Gasteiger partial charge is 0.491 e. The zero-order valence-corrected chi connectivity index (χ0v) is 44.7. The third-order valence-electron chi connectivity index (χ3n) is 12.4. The van der Waals surface area contributed by atoms with Gasteiger partial charge in [-0.05, 0) is 72.5 Å². The predicted octanol–water partition coefficient (Wildman–Crippen LogP) is 8.82. The molecule has 2 aromatic carbocycles. The number of thioether (sulfide) groups is 2. The third kappa shape index (κ3) is 15.8. The van der Waals surface area contributed by atoms with Crippen molar-refractivity contribution in [1.82, 2.24) is 0 Å². The summed E-state index contributed by atoms with van der Waals surface area (Å²) in [5.41, 5.74) is -1.96. The van der Waals surface area contributed by atoms with Gasteiger partial charge in [0.1, 0.15) is 24.7 Å². The Morgan fingerprint density at radius 3 is 0.840 bits per heavy atom. The van der Waals surface area contributed by atoms with Crippen LogP contribution in [-0.2, 0) is 56.8 Å². The van der Waals surface area contributed by atoms with Gasteiger partial charge in [-0.3, -0.25) is 0 Å². The molecule has 0 bridgehead atoms. The molecule has 22 heteroatoms. The fourth-order valence-corrected chi connectivity index (χ4v) is 11.5. The van der Waals surface area contributed by atoms with E-state index in [0.29, 0.717) is 165 Å². The highest BCUT2D eigenvalue weighted by molar-refractivity contribution is 8.14. The molecular weight excluding hydrogens is 1040 g/mol. The van der Waals surface area contributed by atoms with Gasteiger partial charge in [0.15, 0.2) is 0 Å². The number of benzene rings is 2. The smallest absolute Gasteiger partial charge is 0.380 e. The van der Waals surface area contributed by atoms with E-state index in [-0.39, 0.29) is 37.6 Å². The zero-order chi connectivity index (χ0) is 53.6. The highest BCUT2D eigenvalue weighted by Crippen LogP contribution is 2.75. The van der Waals surface area contributed by atoms with Gasteiger partial charge in [-0.15, -0.1) is 23.5 Å². The average molecular weight is 1110 g/mol. The molecule has 2 heterocycles. The quantitative estimate of drug-likeness (QED) is 0.0465. The van der Waals surface area contributed by atoms with E-state index in [1.54, 1.807) is 76.6 Å². The second-order valence-electron chi connectivity index (χ2n) is 17.4. The summed E-state index contributed by atoms with van der Waals surface area (Å²) in [4.78, 5) is 0.936. The number of allylic oxidation sites excluding steroid dienone is 4. The van der Waals surface area contributed by atoms with E-state index in [2.05, 4.69) is 0 Å². The van der Waals surface area contributed by atoms with Crippen molar-refractivity contribution in [1.29, 1.82) is 0 Å². The third-order valence-corrected chi connectivity index (χ3v) is 15.8. The van der Waals surface area contributed by atoms with Gasteiger partial charge >= 0.3 is 17.8 Å². The van der Waals surface area contributed by atoms with Crippen molar-refractivity contribution in [3.8, 4) is 11.5 Å². The molecule has 2 aliphatic carbocycles. The van der Waals surface area contributed by atoms with Crippen molar-refractivity contribution in [2.45, 2.75) is 41.1 Å². The normalized spacial score (nSPS) is 21.1. The standard InChI is InChI=1S/C53H70F6O14S2/c1-49-43(37-45(74-49)39-5-9-41(10-6-39)72-35-33-70-31-29-68-27-25-66-23-21-64-19-17-62-15-13-60-3)47-48(52(56,57)53(58,59)51(47,54)55)44-38-46(75-50(44,49)2)40-7-11-42(12-8-40)73-36-34-71-32-30-69-28-26-67-24-22-65-20-18-63-16-14-61-4/h5-12,37-38H,13-36H2,1-4H3. The van der Waals surface area contributed by atoms with Crippen molar-refractivity contribution < 1.29 is 92.7 Å². The van der Waals surface area contributed by atoms with Crippen LogP contribution in [0.25, 0.3) is 9.81 Å². The maximum Gasteiger partial charge on any atom is 0.380 e. The summed E-state index contributed by atoms with van der Waals surface area (Å²) in [6.45, 7) is 13.3. The van der Waals surface area contributed by atoms with Crippen molar-refractivity contribution in [3.05, 3.63) is 94.1 Å². The van der Waals surface area contributed by atoms with Gasteiger partial charge in [0, 0.05) is 35.2 Å². The molecule has 0 spiro atoms. The van der Waals surface area contributed by atoms with Crippen LogP contribution in [-0.4, -0.2) is 200 Å². The molecule has 0 saturated heterocycles. The van der Waals surface area contributed by atoms with Gasteiger partial charge in [0.2, 0.25) is 0 Å². The minimum absolute atomic E-state index is 0.233. The van der Waals surface area contributed by atoms with E-state index in [0.717, 1.165) is 0 Å². The number of fused-ring (bicyclic) bond motifs is 4. The average Bonchev–Trinajstić information content (AvgIpc) is 4.18. The molecule has 14 nitrogen and oxygen atoms in total. The van der Waals surface area contributed by atoms with Gasteiger partial charge in [-0.1, -0.05) is 24.3 Å². The topological polar surface area (TPSA) is 129 Å². The van der Waals surface area contributed by atoms with Crippen molar-refractivity contribution in [2.75, 3.05) is 173 Å². The lowest BCUT2D eigenvalue weighted by atomic mass is 9.71. The monoisotopic (exact) mass is 1110 g/mol. The van der Waals surface area contributed by atoms with Crippen LogP contribution in [0.15, 0.2) is 83.0 Å². The molecule has 0 radical (unpaired) electrons. The van der Waals surface area contributed by atoms with Crippen LogP contribution in [0.5, 0.6) is 11.5 Å². The fourth-order valence-electron chi connectivity index (χ4n) is 8.31. The van der Waals surface area contributed by atoms with Crippen LogP contribution in [0.1, 0.15) is 25.0 Å². The number of methoxy groups -OCH3 is 2. The summed E-state index contributed by atoms with van der Waals surface area (Å²) in [7, 11) is 3.23. The Hall–Kier alpha value is -3.20. The first-order valence-electron chi connectivity index (χ1n) is 24.9. The molecule has 0 aromatic heterocycles. The van der Waals surface area contributed by atoms with Crippen LogP contribution in [0, 0.1) is 0 Å². The molecule has 4 aliphatic rings. The van der Waals surface area contributed by atoms with Gasteiger partial charge in [-0.2, -0.15) is 26.3 Å². The summed E-state index contributed by atoms with van der Waals surface area (Å²) in [6, 6.07) is 13.6. The molecule has 6 rings (SSSR count). The van der Waals surface area contributed by atoms with Crippen LogP contribution >= 0.6 is 23.5 Å². The lowest BCUT2D eigenvalue weighted by molar-refractivity contribution is -0.258. The molecule has 2 unspecified atom stereocenters. The second-order valence-corrected chi connectivity index (χ2v) is 20.4. The number of ether oxygens (including phenoxy) is 14. The van der Waals surface area contributed by atoms with Gasteiger partial charge in [0.25, 0.3) is 0 Å². The summed E-state index contributed by atoms with van der Waals surface area (Å²) in [6.07, 6.45) is 2.73. The Morgan fingerprint density at radius 2 is 0.587 bits per heavy atom. The van der Waals surface area contributed by atoms with Crippen LogP contribution < -0.4 is 9.47 Å². The van der Waals surface area contributed by atoms with E-state index in [1.807, 2.05) is 0 Å². The van der Waals surface area contributed by atoms with E-state index >= 15 is 26.3 Å². The Balaban J connectivity index is 0.940. The number of halogens is 6.